The van der Waals surface area contributed by atoms with Gasteiger partial charge in [-0.05, 0) is 77.5 Å². The van der Waals surface area contributed by atoms with Crippen molar-refractivity contribution in [1.82, 2.24) is 10.0 Å². The molecule has 27 heavy (non-hydrogen) atoms. The molecular formula is C20H33N3O3S. The highest BCUT2D eigenvalue weighted by Crippen LogP contribution is 2.25. The standard InChI is InChI=1S/C20H33N3O3S/c1-14(2)22-20(24)17-6-5-7-19(12-17)21-13-16-8-10-18(11-9-16)23-27(25,26)15(3)4/h5-7,12,14-16,18,21,23H,8-11,13H2,1-4H3,(H,22,24)/t16-,18-. The van der Waals surface area contributed by atoms with Crippen LogP contribution in [0.5, 0.6) is 0 Å². The molecule has 3 N–H and O–H groups in total. The van der Waals surface area contributed by atoms with Gasteiger partial charge in [-0.3, -0.25) is 4.79 Å². The highest BCUT2D eigenvalue weighted by atomic mass is 32.2. The van der Waals surface area contributed by atoms with E-state index in [0.29, 0.717) is 11.5 Å². The minimum absolute atomic E-state index is 0.0525. The lowest BCUT2D eigenvalue weighted by atomic mass is 9.86. The van der Waals surface area contributed by atoms with Gasteiger partial charge in [-0.15, -0.1) is 0 Å². The number of hydrogen-bond donors (Lipinski definition) is 3. The quantitative estimate of drug-likeness (QED) is 0.631. The van der Waals surface area contributed by atoms with Gasteiger partial charge >= 0.3 is 0 Å². The summed E-state index contributed by atoms with van der Waals surface area (Å²) < 4.78 is 26.8. The van der Waals surface area contributed by atoms with Gasteiger partial charge in [-0.25, -0.2) is 13.1 Å². The number of anilines is 1. The third kappa shape index (κ3) is 6.81. The third-order valence-electron chi connectivity index (χ3n) is 4.94. The van der Waals surface area contributed by atoms with Crippen LogP contribution >= 0.6 is 0 Å². The van der Waals surface area contributed by atoms with E-state index in [1.54, 1.807) is 13.8 Å². The monoisotopic (exact) mass is 395 g/mol. The summed E-state index contributed by atoms with van der Waals surface area (Å²) >= 11 is 0. The summed E-state index contributed by atoms with van der Waals surface area (Å²) in [5.74, 6) is 0.449. The number of carbonyl (C=O) groups excluding carboxylic acids is 1. The van der Waals surface area contributed by atoms with Gasteiger partial charge in [0.2, 0.25) is 10.0 Å². The van der Waals surface area contributed by atoms with Crippen molar-refractivity contribution in [3.05, 3.63) is 29.8 Å². The number of benzene rings is 1. The molecule has 0 atom stereocenters. The normalized spacial score (nSPS) is 20.7. The average molecular weight is 396 g/mol. The van der Waals surface area contributed by atoms with Gasteiger partial charge in [0.25, 0.3) is 5.91 Å². The molecule has 1 aliphatic carbocycles. The van der Waals surface area contributed by atoms with Gasteiger partial charge in [0.1, 0.15) is 0 Å². The van der Waals surface area contributed by atoms with E-state index in [4.69, 9.17) is 0 Å². The van der Waals surface area contributed by atoms with E-state index >= 15 is 0 Å². The maximum atomic E-state index is 12.1. The van der Waals surface area contributed by atoms with E-state index < -0.39 is 15.3 Å². The Hall–Kier alpha value is -1.60. The molecule has 1 aromatic carbocycles. The number of amides is 1. The summed E-state index contributed by atoms with van der Waals surface area (Å²) in [6.45, 7) is 8.12. The van der Waals surface area contributed by atoms with E-state index in [0.717, 1.165) is 37.9 Å². The molecule has 1 aromatic rings. The number of hydrogen-bond acceptors (Lipinski definition) is 4. The molecule has 0 unspecified atom stereocenters. The molecule has 0 bridgehead atoms. The molecule has 0 aliphatic heterocycles. The predicted molar refractivity (Wildman–Crippen MR) is 110 cm³/mol. The Kier molecular flexibility index (Phi) is 7.68. The molecule has 1 amide bonds. The molecule has 0 heterocycles. The summed E-state index contributed by atoms with van der Waals surface area (Å²) in [6, 6.07) is 7.70. The third-order valence-corrected chi connectivity index (χ3v) is 6.84. The second-order valence-electron chi connectivity index (χ2n) is 8.02. The van der Waals surface area contributed by atoms with Crippen LogP contribution in [0.1, 0.15) is 63.7 Å². The maximum absolute atomic E-state index is 12.1. The fourth-order valence-electron chi connectivity index (χ4n) is 3.23. The summed E-state index contributed by atoms with van der Waals surface area (Å²) in [5.41, 5.74) is 1.59. The van der Waals surface area contributed by atoms with E-state index in [-0.39, 0.29) is 18.0 Å². The Bertz CT molecular complexity index is 724. The topological polar surface area (TPSA) is 87.3 Å². The lowest BCUT2D eigenvalue weighted by Gasteiger charge is -2.29. The van der Waals surface area contributed by atoms with Gasteiger partial charge < -0.3 is 10.6 Å². The Balaban J connectivity index is 1.81. The van der Waals surface area contributed by atoms with Crippen LogP contribution in [0.2, 0.25) is 0 Å². The van der Waals surface area contributed by atoms with Crippen LogP contribution in [0, 0.1) is 5.92 Å². The zero-order valence-electron chi connectivity index (χ0n) is 16.8. The summed E-state index contributed by atoms with van der Waals surface area (Å²) in [5, 5.41) is 5.93. The summed E-state index contributed by atoms with van der Waals surface area (Å²) in [4.78, 5) is 12.1. The fourth-order valence-corrected chi connectivity index (χ4v) is 4.20. The molecule has 1 fully saturated rings. The van der Waals surface area contributed by atoms with Crippen LogP contribution in [0.4, 0.5) is 5.69 Å². The predicted octanol–water partition coefficient (Wildman–Crippen LogP) is 3.12. The zero-order valence-corrected chi connectivity index (χ0v) is 17.6. The van der Waals surface area contributed by atoms with Crippen molar-refractivity contribution in [1.29, 1.82) is 0 Å². The lowest BCUT2D eigenvalue weighted by molar-refractivity contribution is 0.0943. The summed E-state index contributed by atoms with van der Waals surface area (Å²) in [6.07, 6.45) is 3.72. The first kappa shape index (κ1) is 21.7. The van der Waals surface area contributed by atoms with Crippen LogP contribution in [-0.2, 0) is 10.0 Å². The largest absolute Gasteiger partial charge is 0.385 e. The Morgan fingerprint density at radius 3 is 2.37 bits per heavy atom. The van der Waals surface area contributed by atoms with Crippen LogP contribution in [0.25, 0.3) is 0 Å². The van der Waals surface area contributed by atoms with Crippen LogP contribution < -0.4 is 15.4 Å². The first-order valence-corrected chi connectivity index (χ1v) is 11.4. The van der Waals surface area contributed by atoms with Gasteiger partial charge in [0.05, 0.1) is 5.25 Å². The van der Waals surface area contributed by atoms with Crippen LogP contribution in [0.15, 0.2) is 24.3 Å². The molecular weight excluding hydrogens is 362 g/mol. The molecule has 152 valence electrons. The minimum Gasteiger partial charge on any atom is -0.385 e. The second kappa shape index (κ2) is 9.55. The van der Waals surface area contributed by atoms with Gasteiger partial charge in [0.15, 0.2) is 0 Å². The zero-order chi connectivity index (χ0) is 20.0. The smallest absolute Gasteiger partial charge is 0.251 e. The lowest BCUT2D eigenvalue weighted by Crippen LogP contribution is -2.41. The Morgan fingerprint density at radius 2 is 1.78 bits per heavy atom. The van der Waals surface area contributed by atoms with Crippen LogP contribution in [-0.4, -0.2) is 38.2 Å². The molecule has 0 spiro atoms. The van der Waals surface area contributed by atoms with E-state index in [2.05, 4.69) is 15.4 Å². The fraction of sp³-hybridized carbons (Fsp3) is 0.650. The highest BCUT2D eigenvalue weighted by molar-refractivity contribution is 7.90. The van der Waals surface area contributed by atoms with Gasteiger partial charge in [-0.2, -0.15) is 0 Å². The highest BCUT2D eigenvalue weighted by Gasteiger charge is 2.26. The number of carbonyl (C=O) groups is 1. The van der Waals surface area contributed by atoms with Crippen molar-refractivity contribution in [2.24, 2.45) is 5.92 Å². The van der Waals surface area contributed by atoms with Crippen molar-refractivity contribution in [3.8, 4) is 0 Å². The molecule has 0 saturated heterocycles. The van der Waals surface area contributed by atoms with Crippen molar-refractivity contribution in [2.75, 3.05) is 11.9 Å². The van der Waals surface area contributed by atoms with E-state index in [9.17, 15) is 13.2 Å². The van der Waals surface area contributed by atoms with E-state index in [1.807, 2.05) is 38.1 Å². The van der Waals surface area contributed by atoms with Gasteiger partial charge in [-0.1, -0.05) is 6.07 Å². The molecule has 1 aliphatic rings. The minimum atomic E-state index is -3.20. The van der Waals surface area contributed by atoms with Crippen molar-refractivity contribution >= 4 is 21.6 Å². The first-order chi connectivity index (χ1) is 12.7. The summed E-state index contributed by atoms with van der Waals surface area (Å²) in [7, 11) is -3.20. The Labute approximate surface area is 163 Å². The molecule has 6 nitrogen and oxygen atoms in total. The average Bonchev–Trinajstić information content (AvgIpc) is 2.60. The maximum Gasteiger partial charge on any atom is 0.251 e. The molecule has 7 heteroatoms. The van der Waals surface area contributed by atoms with E-state index in [1.165, 1.54) is 0 Å². The second-order valence-corrected chi connectivity index (χ2v) is 10.3. The van der Waals surface area contributed by atoms with Gasteiger partial charge in [0, 0.05) is 29.9 Å². The van der Waals surface area contributed by atoms with Crippen molar-refractivity contribution < 1.29 is 13.2 Å². The molecule has 2 rings (SSSR count). The van der Waals surface area contributed by atoms with Crippen molar-refractivity contribution in [2.45, 2.75) is 70.7 Å². The number of nitrogens with one attached hydrogen (secondary N) is 3. The number of sulfonamides is 1. The number of rotatable bonds is 8. The Morgan fingerprint density at radius 1 is 1.11 bits per heavy atom. The first-order valence-electron chi connectivity index (χ1n) is 9.83. The SMILES string of the molecule is CC(C)NC(=O)c1cccc(NC[C@H]2CC[C@H](NS(=O)(=O)C(C)C)CC2)c1. The molecule has 1 saturated carbocycles. The molecule has 0 aromatic heterocycles. The molecule has 0 radical (unpaired) electrons. The van der Waals surface area contributed by atoms with Crippen LogP contribution in [0.3, 0.4) is 0 Å². The van der Waals surface area contributed by atoms with Crippen molar-refractivity contribution in [3.63, 3.8) is 0 Å².